The zero-order valence-corrected chi connectivity index (χ0v) is 7.52. The van der Waals surface area contributed by atoms with E-state index in [1.165, 1.54) is 5.56 Å². The first-order chi connectivity index (χ1) is 5.81. The molecule has 0 amide bonds. The summed E-state index contributed by atoms with van der Waals surface area (Å²) in [6.07, 6.45) is 0.947. The number of benzene rings is 1. The second kappa shape index (κ2) is 2.87. The fraction of sp³-hybridized carbons (Fsp3) is 0.333. The Bertz CT molecular complexity index is 309. The van der Waals surface area contributed by atoms with Gasteiger partial charge < -0.3 is 9.47 Å². The van der Waals surface area contributed by atoms with Crippen molar-refractivity contribution in [1.29, 1.82) is 0 Å². The molecule has 1 heterocycles. The van der Waals surface area contributed by atoms with Gasteiger partial charge >= 0.3 is 0 Å². The third kappa shape index (κ3) is 1.12. The normalized spacial score (nSPS) is 13.8. The summed E-state index contributed by atoms with van der Waals surface area (Å²) < 4.78 is 10.4. The van der Waals surface area contributed by atoms with Crippen molar-refractivity contribution in [2.45, 2.75) is 6.42 Å². The van der Waals surface area contributed by atoms with Crippen LogP contribution >= 0.6 is 11.6 Å². The number of halogens is 1. The molecule has 0 aliphatic carbocycles. The molecule has 0 fully saturated rings. The van der Waals surface area contributed by atoms with Crippen molar-refractivity contribution >= 4 is 11.6 Å². The van der Waals surface area contributed by atoms with E-state index in [0.717, 1.165) is 24.5 Å². The highest BCUT2D eigenvalue weighted by Gasteiger charge is 2.15. The maximum absolute atomic E-state index is 5.90. The van der Waals surface area contributed by atoms with Crippen molar-refractivity contribution in [3.05, 3.63) is 22.7 Å². The predicted octanol–water partition coefficient (Wildman–Crippen LogP) is 2.28. The zero-order valence-electron chi connectivity index (χ0n) is 6.76. The molecule has 0 radical (unpaired) electrons. The van der Waals surface area contributed by atoms with E-state index < -0.39 is 0 Å². The number of hydrogen-bond acceptors (Lipinski definition) is 2. The Morgan fingerprint density at radius 3 is 3.08 bits per heavy atom. The molecule has 1 aromatic carbocycles. The highest BCUT2D eigenvalue weighted by Crippen LogP contribution is 2.35. The molecule has 0 atom stereocenters. The lowest BCUT2D eigenvalue weighted by atomic mass is 10.1. The van der Waals surface area contributed by atoms with Gasteiger partial charge in [-0.2, -0.15) is 0 Å². The minimum Gasteiger partial charge on any atom is -0.495 e. The van der Waals surface area contributed by atoms with Crippen molar-refractivity contribution in [3.8, 4) is 11.5 Å². The van der Waals surface area contributed by atoms with Crippen molar-refractivity contribution in [3.63, 3.8) is 0 Å². The van der Waals surface area contributed by atoms with Gasteiger partial charge in [-0.1, -0.05) is 11.6 Å². The quantitative estimate of drug-likeness (QED) is 0.667. The van der Waals surface area contributed by atoms with Gasteiger partial charge in [0.05, 0.1) is 18.7 Å². The maximum Gasteiger partial charge on any atom is 0.138 e. The van der Waals surface area contributed by atoms with Crippen LogP contribution in [-0.2, 0) is 6.42 Å². The largest absolute Gasteiger partial charge is 0.495 e. The number of methoxy groups -OCH3 is 1. The summed E-state index contributed by atoms with van der Waals surface area (Å²) in [6, 6.07) is 3.74. The topological polar surface area (TPSA) is 18.5 Å². The molecule has 12 heavy (non-hydrogen) atoms. The van der Waals surface area contributed by atoms with Gasteiger partial charge in [0.15, 0.2) is 0 Å². The average molecular weight is 185 g/mol. The molecule has 0 N–H and O–H groups in total. The molecule has 0 saturated carbocycles. The Hall–Kier alpha value is -0.890. The Labute approximate surface area is 76.1 Å². The number of rotatable bonds is 1. The molecule has 0 bridgehead atoms. The van der Waals surface area contributed by atoms with E-state index in [1.807, 2.05) is 12.1 Å². The van der Waals surface area contributed by atoms with Gasteiger partial charge in [-0.15, -0.1) is 0 Å². The molecule has 0 unspecified atom stereocenters. The van der Waals surface area contributed by atoms with Gasteiger partial charge in [-0.05, 0) is 6.07 Å². The molecular formula is C9H9ClO2. The smallest absolute Gasteiger partial charge is 0.138 e. The molecule has 2 rings (SSSR count). The molecule has 0 aromatic heterocycles. The standard InChI is InChI=1S/C9H9ClO2/c1-11-9-4-6-2-3-12-8(6)5-7(9)10/h4-5H,2-3H2,1H3. The van der Waals surface area contributed by atoms with E-state index in [0.29, 0.717) is 5.02 Å². The molecule has 1 aliphatic rings. The van der Waals surface area contributed by atoms with Crippen LogP contribution in [-0.4, -0.2) is 13.7 Å². The summed E-state index contributed by atoms with van der Waals surface area (Å²) in [4.78, 5) is 0. The number of fused-ring (bicyclic) bond motifs is 1. The minimum absolute atomic E-state index is 0.609. The molecule has 3 heteroatoms. The van der Waals surface area contributed by atoms with Crippen molar-refractivity contribution < 1.29 is 9.47 Å². The van der Waals surface area contributed by atoms with Crippen molar-refractivity contribution in [2.75, 3.05) is 13.7 Å². The van der Waals surface area contributed by atoms with Crippen LogP contribution in [0.4, 0.5) is 0 Å². The van der Waals surface area contributed by atoms with Gasteiger partial charge in [-0.25, -0.2) is 0 Å². The van der Waals surface area contributed by atoms with E-state index >= 15 is 0 Å². The summed E-state index contributed by atoms with van der Waals surface area (Å²) in [7, 11) is 1.61. The fourth-order valence-electron chi connectivity index (χ4n) is 1.33. The molecule has 1 aliphatic heterocycles. The summed E-state index contributed by atoms with van der Waals surface area (Å²) in [6.45, 7) is 0.749. The van der Waals surface area contributed by atoms with E-state index in [1.54, 1.807) is 7.11 Å². The van der Waals surface area contributed by atoms with Gasteiger partial charge in [0, 0.05) is 18.1 Å². The molecular weight excluding hydrogens is 176 g/mol. The van der Waals surface area contributed by atoms with Crippen LogP contribution in [0.15, 0.2) is 12.1 Å². The first-order valence-electron chi connectivity index (χ1n) is 3.80. The van der Waals surface area contributed by atoms with Gasteiger partial charge in [-0.3, -0.25) is 0 Å². The van der Waals surface area contributed by atoms with E-state index in [4.69, 9.17) is 21.1 Å². The van der Waals surface area contributed by atoms with E-state index in [2.05, 4.69) is 0 Å². The fourth-order valence-corrected chi connectivity index (χ4v) is 1.57. The SMILES string of the molecule is COc1cc2c(cc1Cl)OCC2. The third-order valence-corrected chi connectivity index (χ3v) is 2.26. The first-order valence-corrected chi connectivity index (χ1v) is 4.18. The summed E-state index contributed by atoms with van der Waals surface area (Å²) in [5.74, 6) is 1.61. The monoisotopic (exact) mass is 184 g/mol. The van der Waals surface area contributed by atoms with Crippen molar-refractivity contribution in [2.24, 2.45) is 0 Å². The Balaban J connectivity index is 2.49. The maximum atomic E-state index is 5.90. The average Bonchev–Trinajstić information content (AvgIpc) is 2.49. The van der Waals surface area contributed by atoms with Gasteiger partial charge in [0.1, 0.15) is 11.5 Å². The lowest BCUT2D eigenvalue weighted by Gasteiger charge is -2.04. The van der Waals surface area contributed by atoms with Crippen LogP contribution in [0.25, 0.3) is 0 Å². The number of hydrogen-bond donors (Lipinski definition) is 0. The van der Waals surface area contributed by atoms with Crippen LogP contribution in [0.5, 0.6) is 11.5 Å². The second-order valence-electron chi connectivity index (χ2n) is 2.69. The van der Waals surface area contributed by atoms with Gasteiger partial charge in [0.2, 0.25) is 0 Å². The molecule has 64 valence electrons. The zero-order chi connectivity index (χ0) is 8.55. The predicted molar refractivity (Wildman–Crippen MR) is 47.2 cm³/mol. The van der Waals surface area contributed by atoms with E-state index in [9.17, 15) is 0 Å². The molecule has 2 nitrogen and oxygen atoms in total. The highest BCUT2D eigenvalue weighted by molar-refractivity contribution is 6.32. The summed E-state index contributed by atoms with van der Waals surface area (Å²) in [5.41, 5.74) is 1.18. The molecule has 0 saturated heterocycles. The van der Waals surface area contributed by atoms with Crippen LogP contribution in [0.3, 0.4) is 0 Å². The van der Waals surface area contributed by atoms with E-state index in [-0.39, 0.29) is 0 Å². The lowest BCUT2D eigenvalue weighted by molar-refractivity contribution is 0.356. The Morgan fingerprint density at radius 2 is 2.33 bits per heavy atom. The third-order valence-electron chi connectivity index (χ3n) is 1.96. The summed E-state index contributed by atoms with van der Waals surface area (Å²) >= 11 is 5.90. The van der Waals surface area contributed by atoms with Crippen LogP contribution < -0.4 is 9.47 Å². The lowest BCUT2D eigenvalue weighted by Crippen LogP contribution is -1.86. The highest BCUT2D eigenvalue weighted by atomic mass is 35.5. The Morgan fingerprint density at radius 1 is 1.50 bits per heavy atom. The van der Waals surface area contributed by atoms with Crippen LogP contribution in [0, 0.1) is 0 Å². The van der Waals surface area contributed by atoms with Crippen LogP contribution in [0.2, 0.25) is 5.02 Å². The second-order valence-corrected chi connectivity index (χ2v) is 3.10. The summed E-state index contributed by atoms with van der Waals surface area (Å²) in [5, 5.41) is 0.609. The van der Waals surface area contributed by atoms with Crippen molar-refractivity contribution in [1.82, 2.24) is 0 Å². The number of ether oxygens (including phenoxy) is 2. The van der Waals surface area contributed by atoms with Gasteiger partial charge in [0.25, 0.3) is 0 Å². The first kappa shape index (κ1) is 7.74. The Kier molecular flexibility index (Phi) is 1.85. The minimum atomic E-state index is 0.609. The van der Waals surface area contributed by atoms with Crippen LogP contribution in [0.1, 0.15) is 5.56 Å². The molecule has 1 aromatic rings. The molecule has 0 spiro atoms.